The molecule has 0 atom stereocenters. The molecule has 0 radical (unpaired) electrons. The fourth-order valence-corrected chi connectivity index (χ4v) is 3.28. The second-order valence-electron chi connectivity index (χ2n) is 6.94. The van der Waals surface area contributed by atoms with Gasteiger partial charge >= 0.3 is 0 Å². The molecule has 0 unspecified atom stereocenters. The standard InChI is InChI=1S/C20H27ClN6O2/c1-3-22-20(23-10-4-5-18-24-15(2)25-29-18)27-12-11-26(19(28)14-27)13-16-6-8-17(21)9-7-16/h6-9H,3-5,10-14H2,1-2H3,(H,22,23). The molecule has 156 valence electrons. The Balaban J connectivity index is 1.52. The van der Waals surface area contributed by atoms with E-state index in [0.717, 1.165) is 31.0 Å². The molecule has 1 saturated heterocycles. The van der Waals surface area contributed by atoms with Crippen LogP contribution in [0.1, 0.15) is 30.6 Å². The summed E-state index contributed by atoms with van der Waals surface area (Å²) in [5.41, 5.74) is 1.08. The zero-order chi connectivity index (χ0) is 20.6. The Morgan fingerprint density at radius 3 is 2.76 bits per heavy atom. The number of aromatic nitrogens is 2. The summed E-state index contributed by atoms with van der Waals surface area (Å²) < 4.78 is 5.12. The fourth-order valence-electron chi connectivity index (χ4n) is 3.15. The third-order valence-corrected chi connectivity index (χ3v) is 4.87. The van der Waals surface area contributed by atoms with Crippen LogP contribution in [0.5, 0.6) is 0 Å². The number of aryl methyl sites for hydroxylation is 2. The third kappa shape index (κ3) is 6.19. The fraction of sp³-hybridized carbons (Fsp3) is 0.500. The van der Waals surface area contributed by atoms with E-state index in [1.54, 1.807) is 6.92 Å². The van der Waals surface area contributed by atoms with Crippen LogP contribution in [-0.4, -0.2) is 64.5 Å². The first-order chi connectivity index (χ1) is 14.0. The largest absolute Gasteiger partial charge is 0.357 e. The van der Waals surface area contributed by atoms with E-state index < -0.39 is 0 Å². The lowest BCUT2D eigenvalue weighted by atomic mass is 10.2. The first kappa shape index (κ1) is 21.1. The van der Waals surface area contributed by atoms with Crippen molar-refractivity contribution in [2.24, 2.45) is 4.99 Å². The van der Waals surface area contributed by atoms with Crippen molar-refractivity contribution in [1.82, 2.24) is 25.3 Å². The number of nitrogens with one attached hydrogen (secondary N) is 1. The Morgan fingerprint density at radius 2 is 2.10 bits per heavy atom. The van der Waals surface area contributed by atoms with E-state index in [9.17, 15) is 4.79 Å². The molecule has 0 saturated carbocycles. The number of rotatable bonds is 7. The van der Waals surface area contributed by atoms with Crippen molar-refractivity contribution >= 4 is 23.5 Å². The number of nitrogens with zero attached hydrogens (tertiary/aromatic N) is 5. The highest BCUT2D eigenvalue weighted by atomic mass is 35.5. The molecular weight excluding hydrogens is 392 g/mol. The summed E-state index contributed by atoms with van der Waals surface area (Å²) in [5, 5.41) is 7.78. The van der Waals surface area contributed by atoms with E-state index in [0.29, 0.717) is 49.3 Å². The van der Waals surface area contributed by atoms with E-state index in [2.05, 4.69) is 20.4 Å². The number of benzene rings is 1. The summed E-state index contributed by atoms with van der Waals surface area (Å²) in [4.78, 5) is 25.4. The molecule has 1 fully saturated rings. The number of hydrogen-bond acceptors (Lipinski definition) is 5. The molecular formula is C20H27ClN6O2. The molecule has 0 spiro atoms. The Labute approximate surface area is 175 Å². The Bertz CT molecular complexity index is 836. The lowest BCUT2D eigenvalue weighted by molar-refractivity contribution is -0.135. The predicted octanol–water partition coefficient (Wildman–Crippen LogP) is 2.27. The monoisotopic (exact) mass is 418 g/mol. The topological polar surface area (TPSA) is 86.9 Å². The molecule has 3 rings (SSSR count). The van der Waals surface area contributed by atoms with Gasteiger partial charge in [0.15, 0.2) is 11.8 Å². The van der Waals surface area contributed by atoms with Gasteiger partial charge in [-0.2, -0.15) is 4.98 Å². The van der Waals surface area contributed by atoms with Crippen LogP contribution in [0.2, 0.25) is 5.02 Å². The van der Waals surface area contributed by atoms with Crippen LogP contribution in [-0.2, 0) is 17.8 Å². The van der Waals surface area contributed by atoms with Crippen LogP contribution in [0.4, 0.5) is 0 Å². The van der Waals surface area contributed by atoms with Crippen molar-refractivity contribution in [2.45, 2.75) is 33.2 Å². The average molecular weight is 419 g/mol. The molecule has 1 aliphatic heterocycles. The molecule has 1 N–H and O–H groups in total. The molecule has 9 heteroatoms. The summed E-state index contributed by atoms with van der Waals surface area (Å²) in [5.74, 6) is 2.15. The summed E-state index contributed by atoms with van der Waals surface area (Å²) in [6.07, 6.45) is 1.50. The second-order valence-corrected chi connectivity index (χ2v) is 7.37. The number of piperazine rings is 1. The number of guanidine groups is 1. The lowest BCUT2D eigenvalue weighted by Crippen LogP contribution is -2.55. The van der Waals surface area contributed by atoms with Gasteiger partial charge in [0.2, 0.25) is 11.8 Å². The van der Waals surface area contributed by atoms with Crippen molar-refractivity contribution in [3.05, 3.63) is 46.6 Å². The van der Waals surface area contributed by atoms with Gasteiger partial charge in [-0.15, -0.1) is 0 Å². The highest BCUT2D eigenvalue weighted by molar-refractivity contribution is 6.30. The maximum absolute atomic E-state index is 12.6. The van der Waals surface area contributed by atoms with Crippen molar-refractivity contribution < 1.29 is 9.32 Å². The quantitative estimate of drug-likeness (QED) is 0.421. The highest BCUT2D eigenvalue weighted by Crippen LogP contribution is 2.13. The number of aliphatic imine (C=N–C) groups is 1. The Hall–Kier alpha value is -2.61. The minimum absolute atomic E-state index is 0.0955. The maximum atomic E-state index is 12.6. The predicted molar refractivity (Wildman–Crippen MR) is 112 cm³/mol. The first-order valence-corrected chi connectivity index (χ1v) is 10.3. The number of carbonyl (C=O) groups is 1. The lowest BCUT2D eigenvalue weighted by Gasteiger charge is -2.36. The van der Waals surface area contributed by atoms with E-state index in [-0.39, 0.29) is 5.91 Å². The van der Waals surface area contributed by atoms with Crippen LogP contribution >= 0.6 is 11.6 Å². The number of hydrogen-bond donors (Lipinski definition) is 1. The summed E-state index contributed by atoms with van der Waals surface area (Å²) in [6.45, 7) is 7.53. The van der Waals surface area contributed by atoms with E-state index in [4.69, 9.17) is 16.1 Å². The average Bonchev–Trinajstić information content (AvgIpc) is 3.12. The zero-order valence-electron chi connectivity index (χ0n) is 16.9. The molecule has 2 heterocycles. The maximum Gasteiger partial charge on any atom is 0.242 e. The van der Waals surface area contributed by atoms with Crippen LogP contribution in [0, 0.1) is 6.92 Å². The van der Waals surface area contributed by atoms with Crippen molar-refractivity contribution in [2.75, 3.05) is 32.7 Å². The number of amides is 1. The first-order valence-electron chi connectivity index (χ1n) is 9.90. The van der Waals surface area contributed by atoms with Crippen LogP contribution in [0.3, 0.4) is 0 Å². The smallest absolute Gasteiger partial charge is 0.242 e. The van der Waals surface area contributed by atoms with Gasteiger partial charge in [-0.1, -0.05) is 28.9 Å². The normalized spacial score (nSPS) is 15.1. The van der Waals surface area contributed by atoms with E-state index in [1.165, 1.54) is 0 Å². The minimum atomic E-state index is 0.0955. The van der Waals surface area contributed by atoms with Gasteiger partial charge in [0.05, 0.1) is 6.54 Å². The molecule has 1 aromatic heterocycles. The second kappa shape index (κ2) is 10.2. The summed E-state index contributed by atoms with van der Waals surface area (Å²) in [7, 11) is 0. The van der Waals surface area contributed by atoms with Crippen molar-refractivity contribution in [3.63, 3.8) is 0 Å². The Morgan fingerprint density at radius 1 is 1.31 bits per heavy atom. The van der Waals surface area contributed by atoms with Gasteiger partial charge in [-0.3, -0.25) is 9.79 Å². The van der Waals surface area contributed by atoms with Gasteiger partial charge in [0, 0.05) is 44.2 Å². The summed E-state index contributed by atoms with van der Waals surface area (Å²) in [6, 6.07) is 7.61. The minimum Gasteiger partial charge on any atom is -0.357 e. The van der Waals surface area contributed by atoms with Gasteiger partial charge in [-0.25, -0.2) is 0 Å². The van der Waals surface area contributed by atoms with Crippen LogP contribution in [0.25, 0.3) is 0 Å². The van der Waals surface area contributed by atoms with Gasteiger partial charge < -0.3 is 19.6 Å². The van der Waals surface area contributed by atoms with Crippen molar-refractivity contribution in [3.8, 4) is 0 Å². The molecule has 8 nitrogen and oxygen atoms in total. The Kier molecular flexibility index (Phi) is 7.46. The highest BCUT2D eigenvalue weighted by Gasteiger charge is 2.25. The number of carbonyl (C=O) groups excluding carboxylic acids is 1. The molecule has 0 aliphatic carbocycles. The van der Waals surface area contributed by atoms with Crippen LogP contribution in [0.15, 0.2) is 33.8 Å². The van der Waals surface area contributed by atoms with Gasteiger partial charge in [0.1, 0.15) is 0 Å². The zero-order valence-corrected chi connectivity index (χ0v) is 17.7. The summed E-state index contributed by atoms with van der Waals surface area (Å²) >= 11 is 5.94. The molecule has 1 aromatic carbocycles. The van der Waals surface area contributed by atoms with Crippen LogP contribution < -0.4 is 5.32 Å². The SMILES string of the molecule is CCNC(=NCCCc1nc(C)no1)N1CCN(Cc2ccc(Cl)cc2)C(=O)C1. The molecule has 2 aromatic rings. The molecule has 0 bridgehead atoms. The molecule has 1 aliphatic rings. The van der Waals surface area contributed by atoms with Gasteiger partial charge in [0.25, 0.3) is 0 Å². The van der Waals surface area contributed by atoms with E-state index >= 15 is 0 Å². The molecule has 29 heavy (non-hydrogen) atoms. The molecule has 1 amide bonds. The van der Waals surface area contributed by atoms with E-state index in [1.807, 2.05) is 41.0 Å². The van der Waals surface area contributed by atoms with Gasteiger partial charge in [-0.05, 0) is 38.0 Å². The van der Waals surface area contributed by atoms with Crippen molar-refractivity contribution in [1.29, 1.82) is 0 Å². The third-order valence-electron chi connectivity index (χ3n) is 4.62. The number of halogens is 1.